The normalized spacial score (nSPS) is 11.7. The zero-order valence-electron chi connectivity index (χ0n) is 13.5. The Balaban J connectivity index is 1.73. The predicted molar refractivity (Wildman–Crippen MR) is 95.8 cm³/mol. The molecule has 6 heteroatoms. The number of nitrogens with one attached hydrogen (secondary N) is 1. The summed E-state index contributed by atoms with van der Waals surface area (Å²) in [7, 11) is 0. The van der Waals surface area contributed by atoms with Crippen molar-refractivity contribution < 1.29 is 14.5 Å². The van der Waals surface area contributed by atoms with Crippen LogP contribution in [-0.4, -0.2) is 16.9 Å². The summed E-state index contributed by atoms with van der Waals surface area (Å²) < 4.78 is 5.47. The average molecular weight is 336 g/mol. The van der Waals surface area contributed by atoms with E-state index in [0.29, 0.717) is 5.69 Å². The Morgan fingerprint density at radius 2 is 1.72 bits per heavy atom. The van der Waals surface area contributed by atoms with Gasteiger partial charge >= 0.3 is 5.69 Å². The van der Waals surface area contributed by atoms with Crippen LogP contribution in [0.3, 0.4) is 0 Å². The van der Waals surface area contributed by atoms with Gasteiger partial charge in [-0.3, -0.25) is 14.9 Å². The second-order valence-electron chi connectivity index (χ2n) is 5.54. The van der Waals surface area contributed by atoms with Crippen molar-refractivity contribution in [1.29, 1.82) is 0 Å². The molecule has 126 valence electrons. The molecule has 0 heterocycles. The second kappa shape index (κ2) is 7.00. The van der Waals surface area contributed by atoms with Crippen molar-refractivity contribution in [3.8, 4) is 5.75 Å². The van der Waals surface area contributed by atoms with Gasteiger partial charge in [0, 0.05) is 11.8 Å². The number of rotatable bonds is 5. The minimum absolute atomic E-state index is 0.0636. The van der Waals surface area contributed by atoms with Gasteiger partial charge in [-0.25, -0.2) is 0 Å². The highest BCUT2D eigenvalue weighted by Gasteiger charge is 2.20. The molecule has 3 aromatic carbocycles. The molecule has 3 aromatic rings. The first kappa shape index (κ1) is 16.4. The van der Waals surface area contributed by atoms with Gasteiger partial charge < -0.3 is 10.1 Å². The van der Waals surface area contributed by atoms with Gasteiger partial charge in [0.05, 0.1) is 4.92 Å². The quantitative estimate of drug-likeness (QED) is 0.560. The third-order valence-corrected chi connectivity index (χ3v) is 3.75. The Labute approximate surface area is 144 Å². The van der Waals surface area contributed by atoms with Crippen LogP contribution in [0.1, 0.15) is 6.92 Å². The number of benzene rings is 3. The van der Waals surface area contributed by atoms with E-state index in [0.717, 1.165) is 10.8 Å². The summed E-state index contributed by atoms with van der Waals surface area (Å²) in [6, 6.07) is 19.4. The third kappa shape index (κ3) is 3.74. The topological polar surface area (TPSA) is 81.5 Å². The summed E-state index contributed by atoms with van der Waals surface area (Å²) in [4.78, 5) is 22.8. The lowest BCUT2D eigenvalue weighted by molar-refractivity contribution is -0.386. The van der Waals surface area contributed by atoms with Crippen LogP contribution in [0.4, 0.5) is 11.4 Å². The Hall–Kier alpha value is -3.41. The lowest BCUT2D eigenvalue weighted by atomic mass is 10.1. The summed E-state index contributed by atoms with van der Waals surface area (Å²) in [5.74, 6) is -0.318. The molecule has 0 aromatic heterocycles. The Bertz CT molecular complexity index is 939. The highest BCUT2D eigenvalue weighted by molar-refractivity contribution is 5.96. The van der Waals surface area contributed by atoms with Crippen molar-refractivity contribution >= 4 is 28.1 Å². The number of nitro benzene ring substituents is 1. The first-order valence-electron chi connectivity index (χ1n) is 7.74. The molecule has 3 rings (SSSR count). The summed E-state index contributed by atoms with van der Waals surface area (Å²) in [6.45, 7) is 1.55. The Morgan fingerprint density at radius 1 is 1.04 bits per heavy atom. The molecule has 0 bridgehead atoms. The van der Waals surface area contributed by atoms with Crippen molar-refractivity contribution in [2.45, 2.75) is 13.0 Å². The van der Waals surface area contributed by atoms with Gasteiger partial charge in [-0.1, -0.05) is 42.5 Å². The number of anilines is 1. The van der Waals surface area contributed by atoms with Crippen molar-refractivity contribution in [1.82, 2.24) is 0 Å². The number of fused-ring (bicyclic) bond motifs is 1. The second-order valence-corrected chi connectivity index (χ2v) is 5.54. The lowest BCUT2D eigenvalue weighted by Gasteiger charge is -2.15. The molecule has 1 N–H and O–H groups in total. The molecule has 0 aliphatic carbocycles. The van der Waals surface area contributed by atoms with Gasteiger partial charge in [0.2, 0.25) is 0 Å². The number of para-hydroxylation sites is 2. The third-order valence-electron chi connectivity index (χ3n) is 3.75. The SMILES string of the molecule is C[C@@H](Oc1ccccc1[N+](=O)[O-])C(=O)Nc1ccc2ccccc2c1. The van der Waals surface area contributed by atoms with Crippen LogP contribution in [0.5, 0.6) is 5.75 Å². The molecule has 0 fully saturated rings. The molecule has 0 radical (unpaired) electrons. The molecule has 1 atom stereocenters. The van der Waals surface area contributed by atoms with Gasteiger partial charge in [-0.15, -0.1) is 0 Å². The number of hydrogen-bond donors (Lipinski definition) is 1. The molecule has 25 heavy (non-hydrogen) atoms. The maximum atomic E-state index is 12.3. The van der Waals surface area contributed by atoms with Crippen LogP contribution >= 0.6 is 0 Å². The van der Waals surface area contributed by atoms with E-state index in [2.05, 4.69) is 5.32 Å². The lowest BCUT2D eigenvalue weighted by Crippen LogP contribution is -2.30. The van der Waals surface area contributed by atoms with Gasteiger partial charge in [0.1, 0.15) is 0 Å². The highest BCUT2D eigenvalue weighted by Crippen LogP contribution is 2.27. The fourth-order valence-corrected chi connectivity index (χ4v) is 2.46. The van der Waals surface area contributed by atoms with Gasteiger partial charge in [0.25, 0.3) is 5.91 Å². The number of carbonyl (C=O) groups excluding carboxylic acids is 1. The fraction of sp³-hybridized carbons (Fsp3) is 0.105. The van der Waals surface area contributed by atoms with Crippen molar-refractivity contribution in [2.24, 2.45) is 0 Å². The fourth-order valence-electron chi connectivity index (χ4n) is 2.46. The van der Waals surface area contributed by atoms with Crippen molar-refractivity contribution in [3.63, 3.8) is 0 Å². The van der Waals surface area contributed by atoms with Crippen LogP contribution in [0.2, 0.25) is 0 Å². The minimum atomic E-state index is -0.882. The zero-order chi connectivity index (χ0) is 17.8. The smallest absolute Gasteiger partial charge is 0.310 e. The summed E-state index contributed by atoms with van der Waals surface area (Å²) in [6.07, 6.45) is -0.882. The van der Waals surface area contributed by atoms with E-state index >= 15 is 0 Å². The van der Waals surface area contributed by atoms with Gasteiger partial charge in [-0.05, 0) is 35.9 Å². The minimum Gasteiger partial charge on any atom is -0.474 e. The zero-order valence-corrected chi connectivity index (χ0v) is 13.5. The first-order valence-corrected chi connectivity index (χ1v) is 7.74. The standard InChI is InChI=1S/C19H16N2O4/c1-13(25-18-9-5-4-8-17(18)21(23)24)19(22)20-16-11-10-14-6-2-3-7-15(14)12-16/h2-13H,1H3,(H,20,22)/t13-/m1/s1. The van der Waals surface area contributed by atoms with Gasteiger partial charge in [0.15, 0.2) is 11.9 Å². The average Bonchev–Trinajstić information content (AvgIpc) is 2.61. The predicted octanol–water partition coefficient (Wildman–Crippen LogP) is 4.15. The molecule has 0 saturated heterocycles. The van der Waals surface area contributed by atoms with Crippen LogP contribution in [0.25, 0.3) is 10.8 Å². The summed E-state index contributed by atoms with van der Waals surface area (Å²) >= 11 is 0. The number of nitro groups is 1. The largest absolute Gasteiger partial charge is 0.474 e. The number of amides is 1. The Kier molecular flexibility index (Phi) is 4.61. The van der Waals surface area contributed by atoms with E-state index < -0.39 is 11.0 Å². The summed E-state index contributed by atoms with van der Waals surface area (Å²) in [5, 5.41) is 15.9. The van der Waals surface area contributed by atoms with E-state index in [9.17, 15) is 14.9 Å². The van der Waals surface area contributed by atoms with Gasteiger partial charge in [-0.2, -0.15) is 0 Å². The summed E-state index contributed by atoms with van der Waals surface area (Å²) in [5.41, 5.74) is 0.467. The number of carbonyl (C=O) groups is 1. The van der Waals surface area contributed by atoms with Crippen LogP contribution in [-0.2, 0) is 4.79 Å². The maximum Gasteiger partial charge on any atom is 0.310 e. The molecular formula is C19H16N2O4. The molecule has 0 aliphatic rings. The van der Waals surface area contributed by atoms with Crippen LogP contribution < -0.4 is 10.1 Å². The highest BCUT2D eigenvalue weighted by atomic mass is 16.6. The number of nitrogens with zero attached hydrogens (tertiary/aromatic N) is 1. The molecule has 6 nitrogen and oxygen atoms in total. The van der Waals surface area contributed by atoms with E-state index in [1.54, 1.807) is 25.1 Å². The first-order chi connectivity index (χ1) is 12.0. The number of ether oxygens (including phenoxy) is 1. The maximum absolute atomic E-state index is 12.3. The monoisotopic (exact) mass is 336 g/mol. The molecular weight excluding hydrogens is 320 g/mol. The molecule has 0 saturated carbocycles. The van der Waals surface area contributed by atoms with Crippen LogP contribution in [0.15, 0.2) is 66.7 Å². The van der Waals surface area contributed by atoms with Crippen molar-refractivity contribution in [2.75, 3.05) is 5.32 Å². The van der Waals surface area contributed by atoms with E-state index in [1.807, 2.05) is 36.4 Å². The van der Waals surface area contributed by atoms with E-state index in [4.69, 9.17) is 4.74 Å². The van der Waals surface area contributed by atoms with E-state index in [-0.39, 0.29) is 17.3 Å². The Morgan fingerprint density at radius 3 is 2.48 bits per heavy atom. The number of hydrogen-bond acceptors (Lipinski definition) is 4. The molecule has 1 amide bonds. The van der Waals surface area contributed by atoms with Crippen LogP contribution in [0, 0.1) is 10.1 Å². The molecule has 0 aliphatic heterocycles. The van der Waals surface area contributed by atoms with E-state index in [1.165, 1.54) is 12.1 Å². The molecule has 0 unspecified atom stereocenters. The van der Waals surface area contributed by atoms with Crippen molar-refractivity contribution in [3.05, 3.63) is 76.8 Å². The molecule has 0 spiro atoms.